The van der Waals surface area contributed by atoms with Gasteiger partial charge in [-0.15, -0.1) is 0 Å². The minimum atomic E-state index is -0.633. The molecule has 30 heavy (non-hydrogen) atoms. The van der Waals surface area contributed by atoms with Crippen LogP contribution in [0, 0.1) is 23.2 Å². The van der Waals surface area contributed by atoms with Crippen molar-refractivity contribution in [3.8, 4) is 0 Å². The number of aliphatic hydroxyl groups is 2. The van der Waals surface area contributed by atoms with E-state index in [9.17, 15) is 19.8 Å². The molecule has 0 amide bonds. The standard InChI is InChI=1S/C24H36O6/c1-14-5-6-15-9-16(25)11-20(30-22(28)13-24(2,3)4)23(15)19(14)8-7-18-10-17(26)12-21(27)29-18/h5-6,9,14,16-20,23,25-26H,7-8,10-13H2,1-4H3. The summed E-state index contributed by atoms with van der Waals surface area (Å²) in [6.45, 7) is 8.16. The molecule has 7 unspecified atom stereocenters. The largest absolute Gasteiger partial charge is 0.462 e. The van der Waals surface area contributed by atoms with Crippen molar-refractivity contribution >= 4 is 11.9 Å². The number of allylic oxidation sites excluding steroid dienone is 2. The molecule has 0 aromatic heterocycles. The quantitative estimate of drug-likeness (QED) is 0.663. The van der Waals surface area contributed by atoms with E-state index in [2.05, 4.69) is 13.0 Å². The van der Waals surface area contributed by atoms with Gasteiger partial charge in [0.05, 0.1) is 25.0 Å². The number of fused-ring (bicyclic) bond motifs is 1. The van der Waals surface area contributed by atoms with Crippen LogP contribution in [0.5, 0.6) is 0 Å². The predicted octanol–water partition coefficient (Wildman–Crippen LogP) is 3.31. The minimum Gasteiger partial charge on any atom is -0.462 e. The Bertz CT molecular complexity index is 703. The van der Waals surface area contributed by atoms with Gasteiger partial charge in [-0.25, -0.2) is 0 Å². The SMILES string of the molecule is CC1C=CC2=CC(O)CC(OC(=O)CC(C)(C)C)C2C1CCC1CC(O)CC(=O)O1. The van der Waals surface area contributed by atoms with Crippen LogP contribution in [-0.2, 0) is 19.1 Å². The van der Waals surface area contributed by atoms with Crippen LogP contribution >= 0.6 is 0 Å². The molecule has 2 N–H and O–H groups in total. The maximum Gasteiger partial charge on any atom is 0.308 e. The van der Waals surface area contributed by atoms with Crippen LogP contribution in [0.4, 0.5) is 0 Å². The Hall–Kier alpha value is -1.66. The van der Waals surface area contributed by atoms with E-state index in [-0.39, 0.29) is 53.7 Å². The summed E-state index contributed by atoms with van der Waals surface area (Å²) in [4.78, 5) is 24.2. The smallest absolute Gasteiger partial charge is 0.308 e. The molecule has 168 valence electrons. The highest BCUT2D eigenvalue weighted by molar-refractivity contribution is 5.71. The number of carbonyl (C=O) groups is 2. The highest BCUT2D eigenvalue weighted by Crippen LogP contribution is 2.44. The summed E-state index contributed by atoms with van der Waals surface area (Å²) in [5.41, 5.74) is 0.861. The average molecular weight is 421 g/mol. The minimum absolute atomic E-state index is 0.0153. The number of ether oxygens (including phenoxy) is 2. The number of rotatable bonds is 5. The van der Waals surface area contributed by atoms with Crippen LogP contribution in [0.3, 0.4) is 0 Å². The number of aliphatic hydroxyl groups excluding tert-OH is 2. The summed E-state index contributed by atoms with van der Waals surface area (Å²) >= 11 is 0. The molecule has 0 saturated carbocycles. The van der Waals surface area contributed by atoms with Crippen molar-refractivity contribution < 1.29 is 29.3 Å². The van der Waals surface area contributed by atoms with Crippen LogP contribution in [0.2, 0.25) is 0 Å². The zero-order chi connectivity index (χ0) is 22.1. The summed E-state index contributed by atoms with van der Waals surface area (Å²) in [6, 6.07) is 0. The van der Waals surface area contributed by atoms with E-state index >= 15 is 0 Å². The van der Waals surface area contributed by atoms with E-state index < -0.39 is 12.2 Å². The lowest BCUT2D eigenvalue weighted by molar-refractivity contribution is -0.162. The van der Waals surface area contributed by atoms with Gasteiger partial charge in [0.25, 0.3) is 0 Å². The van der Waals surface area contributed by atoms with Crippen molar-refractivity contribution in [1.82, 2.24) is 0 Å². The van der Waals surface area contributed by atoms with Gasteiger partial charge in [-0.05, 0) is 35.7 Å². The Kier molecular flexibility index (Phi) is 7.08. The van der Waals surface area contributed by atoms with Crippen molar-refractivity contribution in [3.63, 3.8) is 0 Å². The Morgan fingerprint density at radius 1 is 1.23 bits per heavy atom. The normalized spacial score (nSPS) is 36.5. The summed E-state index contributed by atoms with van der Waals surface area (Å²) in [5, 5.41) is 20.2. The molecule has 3 aliphatic rings. The van der Waals surface area contributed by atoms with Crippen molar-refractivity contribution in [1.29, 1.82) is 0 Å². The van der Waals surface area contributed by atoms with Crippen LogP contribution in [0.1, 0.15) is 66.2 Å². The highest BCUT2D eigenvalue weighted by Gasteiger charge is 2.42. The molecule has 1 aliphatic heterocycles. The Morgan fingerprint density at radius 3 is 2.63 bits per heavy atom. The highest BCUT2D eigenvalue weighted by atomic mass is 16.5. The monoisotopic (exact) mass is 420 g/mol. The van der Waals surface area contributed by atoms with E-state index in [1.165, 1.54) is 0 Å². The molecule has 2 aliphatic carbocycles. The fraction of sp³-hybridized carbons (Fsp3) is 0.750. The van der Waals surface area contributed by atoms with Crippen molar-refractivity contribution in [2.75, 3.05) is 0 Å². The Balaban J connectivity index is 1.73. The van der Waals surface area contributed by atoms with Gasteiger partial charge in [0.2, 0.25) is 0 Å². The second-order valence-corrected chi connectivity index (χ2v) is 10.4. The van der Waals surface area contributed by atoms with Gasteiger partial charge in [-0.1, -0.05) is 45.9 Å². The summed E-state index contributed by atoms with van der Waals surface area (Å²) in [5.74, 6) is -0.0761. The molecule has 0 spiro atoms. The number of cyclic esters (lactones) is 1. The van der Waals surface area contributed by atoms with Gasteiger partial charge in [0, 0.05) is 18.8 Å². The van der Waals surface area contributed by atoms with Crippen LogP contribution < -0.4 is 0 Å². The third-order valence-electron chi connectivity index (χ3n) is 6.39. The fourth-order valence-electron chi connectivity index (χ4n) is 5.05. The molecule has 3 rings (SSSR count). The summed E-state index contributed by atoms with van der Waals surface area (Å²) in [6.07, 6.45) is 6.88. The molecular formula is C24H36O6. The second kappa shape index (κ2) is 9.23. The van der Waals surface area contributed by atoms with Gasteiger partial charge in [-0.3, -0.25) is 9.59 Å². The molecule has 0 radical (unpaired) electrons. The van der Waals surface area contributed by atoms with Crippen LogP contribution in [0.25, 0.3) is 0 Å². The van der Waals surface area contributed by atoms with Gasteiger partial charge >= 0.3 is 11.9 Å². The number of esters is 2. The molecular weight excluding hydrogens is 384 g/mol. The number of hydrogen-bond donors (Lipinski definition) is 2. The van der Waals surface area contributed by atoms with Crippen molar-refractivity contribution in [2.45, 2.75) is 90.6 Å². The summed E-state index contributed by atoms with van der Waals surface area (Å²) in [7, 11) is 0. The topological polar surface area (TPSA) is 93.1 Å². The van der Waals surface area contributed by atoms with Gasteiger partial charge < -0.3 is 19.7 Å². The zero-order valence-corrected chi connectivity index (χ0v) is 18.5. The zero-order valence-electron chi connectivity index (χ0n) is 18.5. The lowest BCUT2D eigenvalue weighted by Gasteiger charge is -2.43. The molecule has 7 atom stereocenters. The van der Waals surface area contributed by atoms with Gasteiger partial charge in [0.15, 0.2) is 0 Å². The molecule has 0 aromatic rings. The third-order valence-corrected chi connectivity index (χ3v) is 6.39. The predicted molar refractivity (Wildman–Crippen MR) is 112 cm³/mol. The van der Waals surface area contributed by atoms with E-state index in [0.717, 1.165) is 12.0 Å². The first-order valence-electron chi connectivity index (χ1n) is 11.2. The maximum absolute atomic E-state index is 12.5. The van der Waals surface area contributed by atoms with E-state index in [1.54, 1.807) is 0 Å². The second-order valence-electron chi connectivity index (χ2n) is 10.4. The molecule has 1 saturated heterocycles. The van der Waals surface area contributed by atoms with Crippen molar-refractivity contribution in [3.05, 3.63) is 23.8 Å². The van der Waals surface area contributed by atoms with E-state index in [0.29, 0.717) is 25.7 Å². The maximum atomic E-state index is 12.5. The average Bonchev–Trinajstić information content (AvgIpc) is 2.58. The first-order chi connectivity index (χ1) is 14.0. The molecule has 6 heteroatoms. The first-order valence-corrected chi connectivity index (χ1v) is 11.2. The Labute approximate surface area is 179 Å². The molecule has 6 nitrogen and oxygen atoms in total. The molecule has 1 fully saturated rings. The van der Waals surface area contributed by atoms with Crippen molar-refractivity contribution in [2.24, 2.45) is 23.2 Å². The molecule has 0 bridgehead atoms. The fourth-order valence-corrected chi connectivity index (χ4v) is 5.05. The molecule has 0 aromatic carbocycles. The van der Waals surface area contributed by atoms with Crippen LogP contribution in [-0.4, -0.2) is 46.6 Å². The van der Waals surface area contributed by atoms with E-state index in [4.69, 9.17) is 9.47 Å². The lowest BCUT2D eigenvalue weighted by atomic mass is 9.66. The third kappa shape index (κ3) is 5.94. The summed E-state index contributed by atoms with van der Waals surface area (Å²) < 4.78 is 11.3. The first kappa shape index (κ1) is 23.0. The Morgan fingerprint density at radius 2 is 1.97 bits per heavy atom. The lowest BCUT2D eigenvalue weighted by Crippen LogP contribution is -2.43. The van der Waals surface area contributed by atoms with Gasteiger partial charge in [0.1, 0.15) is 12.2 Å². The van der Waals surface area contributed by atoms with Gasteiger partial charge in [-0.2, -0.15) is 0 Å². The number of hydrogen-bond acceptors (Lipinski definition) is 6. The number of carbonyl (C=O) groups excluding carboxylic acids is 2. The molecule has 1 heterocycles. The van der Waals surface area contributed by atoms with Crippen LogP contribution in [0.15, 0.2) is 23.8 Å². The van der Waals surface area contributed by atoms with E-state index in [1.807, 2.05) is 32.9 Å².